The molecule has 2 aliphatic heterocycles. The number of fused-ring (bicyclic) bond motifs is 4. The van der Waals surface area contributed by atoms with E-state index in [0.717, 1.165) is 29.8 Å². The molecule has 0 saturated carbocycles. The van der Waals surface area contributed by atoms with Crippen molar-refractivity contribution in [3.63, 3.8) is 0 Å². The molecule has 0 aromatic heterocycles. The quantitative estimate of drug-likeness (QED) is 0.822. The van der Waals surface area contributed by atoms with Crippen molar-refractivity contribution in [1.82, 2.24) is 5.32 Å². The van der Waals surface area contributed by atoms with Gasteiger partial charge in [-0.3, -0.25) is 4.90 Å². The number of thiocarbonyl (C=S) groups is 1. The first-order valence-corrected chi connectivity index (χ1v) is 8.59. The molecule has 4 rings (SSSR count). The molecule has 2 aromatic rings. The van der Waals surface area contributed by atoms with Crippen LogP contribution in [0.2, 0.25) is 0 Å². The fourth-order valence-corrected chi connectivity index (χ4v) is 4.07. The van der Waals surface area contributed by atoms with Crippen molar-refractivity contribution < 1.29 is 9.13 Å². The molecule has 0 aliphatic carbocycles. The Labute approximate surface area is 146 Å². The van der Waals surface area contributed by atoms with E-state index >= 15 is 0 Å². The minimum absolute atomic E-state index is 0.134. The smallest absolute Gasteiger partial charge is 0.188 e. The zero-order chi connectivity index (χ0) is 16.9. The molecule has 1 saturated heterocycles. The molecule has 24 heavy (non-hydrogen) atoms. The van der Waals surface area contributed by atoms with Crippen molar-refractivity contribution in [1.29, 1.82) is 0 Å². The summed E-state index contributed by atoms with van der Waals surface area (Å²) in [5.41, 5.74) is 2.68. The average Bonchev–Trinajstić information content (AvgIpc) is 2.55. The van der Waals surface area contributed by atoms with E-state index in [0.29, 0.717) is 5.11 Å². The van der Waals surface area contributed by atoms with E-state index in [4.69, 9.17) is 17.0 Å². The number of benzene rings is 2. The highest BCUT2D eigenvalue weighted by Gasteiger charge is 2.48. The van der Waals surface area contributed by atoms with E-state index in [1.54, 1.807) is 12.1 Å². The zero-order valence-electron chi connectivity index (χ0n) is 13.7. The summed E-state index contributed by atoms with van der Waals surface area (Å²) in [6.07, 6.45) is 1.76. The van der Waals surface area contributed by atoms with Crippen molar-refractivity contribution in [2.45, 2.75) is 38.5 Å². The maximum absolute atomic E-state index is 13.3. The predicted molar refractivity (Wildman–Crippen MR) is 96.8 cm³/mol. The molecule has 0 radical (unpaired) electrons. The van der Waals surface area contributed by atoms with Crippen LogP contribution in [0.3, 0.4) is 0 Å². The van der Waals surface area contributed by atoms with Crippen molar-refractivity contribution in [2.24, 2.45) is 0 Å². The predicted octanol–water partition coefficient (Wildman–Crippen LogP) is 4.32. The number of hydrogen-bond donors (Lipinski definition) is 1. The number of hydrogen-bond acceptors (Lipinski definition) is 2. The van der Waals surface area contributed by atoms with Crippen LogP contribution in [-0.2, 0) is 6.42 Å². The molecule has 2 aliphatic rings. The molecule has 2 heterocycles. The van der Waals surface area contributed by atoms with E-state index in [-0.39, 0.29) is 11.9 Å². The van der Waals surface area contributed by atoms with Crippen LogP contribution in [0.25, 0.3) is 0 Å². The maximum atomic E-state index is 13.3. The summed E-state index contributed by atoms with van der Waals surface area (Å²) in [5.74, 6) is 0.618. The van der Waals surface area contributed by atoms with E-state index in [2.05, 4.69) is 24.4 Å². The number of nitrogens with zero attached hydrogens (tertiary/aromatic N) is 1. The van der Waals surface area contributed by atoms with Gasteiger partial charge in [0.05, 0.1) is 6.04 Å². The van der Waals surface area contributed by atoms with Crippen molar-refractivity contribution in [3.8, 4) is 5.75 Å². The van der Waals surface area contributed by atoms with Crippen LogP contribution in [0.1, 0.15) is 37.4 Å². The van der Waals surface area contributed by atoms with E-state index in [1.807, 2.05) is 17.9 Å². The van der Waals surface area contributed by atoms with Crippen LogP contribution in [0.4, 0.5) is 10.1 Å². The van der Waals surface area contributed by atoms with Gasteiger partial charge in [-0.15, -0.1) is 0 Å². The Hall–Kier alpha value is -2.14. The Bertz CT molecular complexity index is 808. The van der Waals surface area contributed by atoms with Gasteiger partial charge in [0.2, 0.25) is 0 Å². The van der Waals surface area contributed by atoms with Crippen LogP contribution >= 0.6 is 12.2 Å². The minimum Gasteiger partial charge on any atom is -0.467 e. The third-order valence-electron chi connectivity index (χ3n) is 4.83. The van der Waals surface area contributed by atoms with Gasteiger partial charge in [-0.05, 0) is 61.5 Å². The fourth-order valence-electron chi connectivity index (χ4n) is 3.62. The molecule has 124 valence electrons. The molecule has 3 nitrogen and oxygen atoms in total. The molecule has 2 atom stereocenters. The van der Waals surface area contributed by atoms with Crippen LogP contribution in [0.5, 0.6) is 5.75 Å². The average molecular weight is 342 g/mol. The lowest BCUT2D eigenvalue weighted by Gasteiger charge is -2.52. The Kier molecular flexibility index (Phi) is 3.49. The van der Waals surface area contributed by atoms with Gasteiger partial charge in [0.15, 0.2) is 10.8 Å². The van der Waals surface area contributed by atoms with Crippen molar-refractivity contribution >= 4 is 23.0 Å². The molecule has 0 unspecified atom stereocenters. The molecule has 1 fully saturated rings. The minimum atomic E-state index is -0.592. The molecule has 1 N–H and O–H groups in total. The van der Waals surface area contributed by atoms with Gasteiger partial charge in [0, 0.05) is 17.7 Å². The Balaban J connectivity index is 1.77. The van der Waals surface area contributed by atoms with Gasteiger partial charge < -0.3 is 10.1 Å². The van der Waals surface area contributed by atoms with Crippen LogP contribution in [0, 0.1) is 5.82 Å². The highest BCUT2D eigenvalue weighted by atomic mass is 32.1. The molecule has 2 aromatic carbocycles. The lowest BCUT2D eigenvalue weighted by molar-refractivity contribution is 0.0497. The third kappa shape index (κ3) is 2.35. The number of nitrogens with one attached hydrogen (secondary N) is 1. The van der Waals surface area contributed by atoms with Crippen LogP contribution in [-0.4, -0.2) is 10.8 Å². The number of rotatable bonds is 2. The Morgan fingerprint density at radius 1 is 1.29 bits per heavy atom. The summed E-state index contributed by atoms with van der Waals surface area (Å²) < 4.78 is 19.6. The van der Waals surface area contributed by atoms with Crippen molar-refractivity contribution in [3.05, 3.63) is 59.4 Å². The van der Waals surface area contributed by atoms with Crippen LogP contribution in [0.15, 0.2) is 42.5 Å². The summed E-state index contributed by atoms with van der Waals surface area (Å²) in [4.78, 5) is 1.94. The topological polar surface area (TPSA) is 24.5 Å². The van der Waals surface area contributed by atoms with Crippen LogP contribution < -0.4 is 15.0 Å². The molecular formula is C19H19FN2OS. The number of ether oxygens (including phenoxy) is 1. The second-order valence-corrected chi connectivity index (χ2v) is 6.91. The third-order valence-corrected chi connectivity index (χ3v) is 5.13. The van der Waals surface area contributed by atoms with E-state index < -0.39 is 5.72 Å². The zero-order valence-corrected chi connectivity index (χ0v) is 14.5. The Morgan fingerprint density at radius 2 is 2.04 bits per heavy atom. The maximum Gasteiger partial charge on any atom is 0.188 e. The van der Waals surface area contributed by atoms with E-state index in [9.17, 15) is 4.39 Å². The fraction of sp³-hybridized carbons (Fsp3) is 0.316. The number of halogens is 1. The second-order valence-electron chi connectivity index (χ2n) is 6.52. The van der Waals surface area contributed by atoms with Gasteiger partial charge in [-0.25, -0.2) is 4.39 Å². The highest BCUT2D eigenvalue weighted by Crippen LogP contribution is 2.45. The lowest BCUT2D eigenvalue weighted by Crippen LogP contribution is -2.65. The summed E-state index contributed by atoms with van der Waals surface area (Å²) in [7, 11) is 0. The Morgan fingerprint density at radius 3 is 2.75 bits per heavy atom. The first-order valence-electron chi connectivity index (χ1n) is 8.18. The molecule has 5 heteroatoms. The van der Waals surface area contributed by atoms with E-state index in [1.165, 1.54) is 17.7 Å². The molecule has 2 bridgehead atoms. The lowest BCUT2D eigenvalue weighted by atomic mass is 9.89. The first kappa shape index (κ1) is 15.4. The van der Waals surface area contributed by atoms with Gasteiger partial charge in [0.25, 0.3) is 0 Å². The molecular weight excluding hydrogens is 323 g/mol. The van der Waals surface area contributed by atoms with Gasteiger partial charge >= 0.3 is 0 Å². The SMILES string of the molecule is CCc1ccc2c(c1)[C@@H]1C[C@](C)(O2)N(c2ccc(F)cc2)C(=S)N1. The summed E-state index contributed by atoms with van der Waals surface area (Å²) >= 11 is 5.60. The first-order chi connectivity index (χ1) is 11.5. The van der Waals surface area contributed by atoms with Gasteiger partial charge in [0.1, 0.15) is 11.6 Å². The summed E-state index contributed by atoms with van der Waals surface area (Å²) in [6.45, 7) is 4.18. The monoisotopic (exact) mass is 342 g/mol. The molecule has 0 spiro atoms. The van der Waals surface area contributed by atoms with Gasteiger partial charge in [-0.2, -0.15) is 0 Å². The van der Waals surface area contributed by atoms with Crippen molar-refractivity contribution in [2.75, 3.05) is 4.90 Å². The number of anilines is 1. The summed E-state index contributed by atoms with van der Waals surface area (Å²) in [5, 5.41) is 4.03. The molecule has 0 amide bonds. The highest BCUT2D eigenvalue weighted by molar-refractivity contribution is 7.80. The normalized spacial score (nSPS) is 24.9. The van der Waals surface area contributed by atoms with Gasteiger partial charge in [-0.1, -0.05) is 19.1 Å². The standard InChI is InChI=1S/C19H19FN2OS/c1-3-12-4-9-17-15(10-12)16-11-19(2,23-17)22(18(24)21-16)14-7-5-13(20)6-8-14/h4-10,16H,3,11H2,1-2H3,(H,21,24)/t16-,19-/m0/s1. The second kappa shape index (κ2) is 5.45. The summed E-state index contributed by atoms with van der Waals surface area (Å²) in [6, 6.07) is 12.8. The largest absolute Gasteiger partial charge is 0.467 e. The number of aryl methyl sites for hydroxylation is 1.